The van der Waals surface area contributed by atoms with Crippen LogP contribution in [0.5, 0.6) is 0 Å². The van der Waals surface area contributed by atoms with E-state index in [0.29, 0.717) is 13.0 Å². The van der Waals surface area contributed by atoms with Gasteiger partial charge in [-0.2, -0.15) is 0 Å². The summed E-state index contributed by atoms with van der Waals surface area (Å²) in [4.78, 5) is 33.8. The molecule has 5 rings (SSSR count). The van der Waals surface area contributed by atoms with Gasteiger partial charge in [-0.25, -0.2) is 0 Å². The van der Waals surface area contributed by atoms with E-state index in [4.69, 9.17) is 0 Å². The number of amides is 2. The van der Waals surface area contributed by atoms with Gasteiger partial charge in [0.25, 0.3) is 0 Å². The largest absolute Gasteiger partial charge is 0.356 e. The first-order chi connectivity index (χ1) is 14.0. The molecule has 1 aromatic carbocycles. The highest BCUT2D eigenvalue weighted by Crippen LogP contribution is 2.42. The zero-order chi connectivity index (χ0) is 20.2. The third-order valence-electron chi connectivity index (χ3n) is 7.02. The third-order valence-corrected chi connectivity index (χ3v) is 7.02. The van der Waals surface area contributed by atoms with Gasteiger partial charge >= 0.3 is 0 Å². The number of allylic oxidation sites excluding steroid dienone is 1. The molecule has 29 heavy (non-hydrogen) atoms. The Balaban J connectivity index is 1.45. The molecular weight excluding hydrogens is 362 g/mol. The number of aromatic amines is 1. The van der Waals surface area contributed by atoms with Crippen molar-refractivity contribution < 1.29 is 9.59 Å². The molecule has 2 amide bonds. The summed E-state index contributed by atoms with van der Waals surface area (Å²) in [6.07, 6.45) is 8.61. The van der Waals surface area contributed by atoms with Crippen molar-refractivity contribution in [2.24, 2.45) is 0 Å². The number of carbonyl (C=O) groups is 2. The Morgan fingerprint density at radius 1 is 1.17 bits per heavy atom. The number of para-hydroxylation sites is 1. The van der Waals surface area contributed by atoms with Gasteiger partial charge in [-0.3, -0.25) is 9.59 Å². The first-order valence-corrected chi connectivity index (χ1v) is 10.9. The van der Waals surface area contributed by atoms with Crippen LogP contribution in [0.3, 0.4) is 0 Å². The van der Waals surface area contributed by atoms with Crippen LogP contribution in [0.25, 0.3) is 10.9 Å². The topological polar surface area (TPSA) is 56.4 Å². The first-order valence-electron chi connectivity index (χ1n) is 10.9. The number of rotatable bonds is 3. The van der Waals surface area contributed by atoms with Gasteiger partial charge in [-0.15, -0.1) is 0 Å². The summed E-state index contributed by atoms with van der Waals surface area (Å²) in [7, 11) is 0. The van der Waals surface area contributed by atoms with Crippen LogP contribution in [0.4, 0.5) is 0 Å². The lowest BCUT2D eigenvalue weighted by Crippen LogP contribution is -2.67. The predicted molar refractivity (Wildman–Crippen MR) is 113 cm³/mol. The summed E-state index contributed by atoms with van der Waals surface area (Å²) in [6.45, 7) is 4.96. The molecule has 1 aromatic heterocycles. The van der Waals surface area contributed by atoms with Crippen LogP contribution in [0.1, 0.15) is 57.2 Å². The van der Waals surface area contributed by atoms with E-state index in [2.05, 4.69) is 37.0 Å². The van der Waals surface area contributed by atoms with E-state index in [-0.39, 0.29) is 18.4 Å². The average molecular weight is 392 g/mol. The fourth-order valence-corrected chi connectivity index (χ4v) is 5.54. The summed E-state index contributed by atoms with van der Waals surface area (Å²) in [6, 6.07) is 7.82. The summed E-state index contributed by atoms with van der Waals surface area (Å²) < 4.78 is 0. The molecule has 5 nitrogen and oxygen atoms in total. The molecule has 1 aliphatic carbocycles. The Morgan fingerprint density at radius 3 is 2.79 bits per heavy atom. The first kappa shape index (κ1) is 18.5. The molecule has 5 heteroatoms. The SMILES string of the molecule is CC1(C)c2[nH]c3ccccc3c2CC2C(=O)N(CCC3=CCCCC3)CC(=O)N21. The van der Waals surface area contributed by atoms with Gasteiger partial charge in [0.2, 0.25) is 11.8 Å². The monoisotopic (exact) mass is 391 g/mol. The maximum absolute atomic E-state index is 13.4. The summed E-state index contributed by atoms with van der Waals surface area (Å²) in [5.74, 6) is 0.159. The fraction of sp³-hybridized carbons (Fsp3) is 0.500. The lowest BCUT2D eigenvalue weighted by atomic mass is 9.82. The van der Waals surface area contributed by atoms with Crippen LogP contribution in [-0.2, 0) is 21.5 Å². The second-order valence-electron chi connectivity index (χ2n) is 9.18. The number of piperazine rings is 1. The van der Waals surface area contributed by atoms with Crippen molar-refractivity contribution >= 4 is 22.7 Å². The van der Waals surface area contributed by atoms with E-state index >= 15 is 0 Å². The van der Waals surface area contributed by atoms with E-state index in [9.17, 15) is 9.59 Å². The van der Waals surface area contributed by atoms with Crippen LogP contribution in [0.15, 0.2) is 35.9 Å². The maximum atomic E-state index is 13.4. The van der Waals surface area contributed by atoms with Gasteiger partial charge in [-0.05, 0) is 57.6 Å². The Kier molecular flexibility index (Phi) is 4.30. The molecule has 2 aromatic rings. The van der Waals surface area contributed by atoms with Crippen molar-refractivity contribution in [3.8, 4) is 0 Å². The number of carbonyl (C=O) groups excluding carboxylic acids is 2. The van der Waals surface area contributed by atoms with E-state index < -0.39 is 11.6 Å². The number of fused-ring (bicyclic) bond motifs is 4. The van der Waals surface area contributed by atoms with Gasteiger partial charge in [-0.1, -0.05) is 29.8 Å². The molecular formula is C24H29N3O2. The van der Waals surface area contributed by atoms with E-state index in [1.165, 1.54) is 29.4 Å². The molecule has 0 spiro atoms. The highest BCUT2D eigenvalue weighted by atomic mass is 16.2. The smallest absolute Gasteiger partial charge is 0.246 e. The number of hydrogen-bond acceptors (Lipinski definition) is 2. The van der Waals surface area contributed by atoms with Crippen LogP contribution in [0.2, 0.25) is 0 Å². The molecule has 1 N–H and O–H groups in total. The van der Waals surface area contributed by atoms with E-state index in [0.717, 1.165) is 30.5 Å². The fourth-order valence-electron chi connectivity index (χ4n) is 5.54. The van der Waals surface area contributed by atoms with Crippen molar-refractivity contribution in [2.45, 2.75) is 64.0 Å². The number of benzene rings is 1. The minimum Gasteiger partial charge on any atom is -0.356 e. The minimum absolute atomic E-state index is 0.0570. The lowest BCUT2D eigenvalue weighted by molar-refractivity contribution is -0.163. The van der Waals surface area contributed by atoms with Gasteiger partial charge in [0.05, 0.1) is 12.1 Å². The Labute approximate surface area is 171 Å². The van der Waals surface area contributed by atoms with Crippen molar-refractivity contribution in [2.75, 3.05) is 13.1 Å². The predicted octanol–water partition coefficient (Wildman–Crippen LogP) is 3.89. The molecule has 3 heterocycles. The van der Waals surface area contributed by atoms with Crippen molar-refractivity contribution in [3.05, 3.63) is 47.2 Å². The summed E-state index contributed by atoms with van der Waals surface area (Å²) >= 11 is 0. The lowest BCUT2D eigenvalue weighted by Gasteiger charge is -2.51. The number of aromatic nitrogens is 1. The van der Waals surface area contributed by atoms with Gasteiger partial charge in [0.15, 0.2) is 0 Å². The highest BCUT2D eigenvalue weighted by Gasteiger charge is 2.51. The normalized spacial score (nSPS) is 23.8. The van der Waals surface area contributed by atoms with Crippen LogP contribution in [-0.4, -0.2) is 45.7 Å². The van der Waals surface area contributed by atoms with Gasteiger partial charge < -0.3 is 14.8 Å². The quantitative estimate of drug-likeness (QED) is 0.807. The molecule has 1 atom stereocenters. The van der Waals surface area contributed by atoms with Gasteiger partial charge in [0, 0.05) is 29.6 Å². The zero-order valence-electron chi connectivity index (χ0n) is 17.3. The van der Waals surface area contributed by atoms with Crippen LogP contribution >= 0.6 is 0 Å². The summed E-state index contributed by atoms with van der Waals surface area (Å²) in [5.41, 5.74) is 4.25. The Bertz CT molecular complexity index is 1020. The second kappa shape index (κ2) is 6.75. The summed E-state index contributed by atoms with van der Waals surface area (Å²) in [5, 5.41) is 1.17. The van der Waals surface area contributed by atoms with E-state index in [1.807, 2.05) is 17.0 Å². The molecule has 1 unspecified atom stereocenters. The molecule has 152 valence electrons. The standard InChI is InChI=1S/C24H29N3O2/c1-24(2)22-18(17-10-6-7-11-19(17)25-22)14-20-23(29)26(15-21(28)27(20)24)13-12-16-8-4-3-5-9-16/h6-8,10-11,20,25H,3-5,9,12-15H2,1-2H3. The Morgan fingerprint density at radius 2 is 2.00 bits per heavy atom. The molecule has 0 bridgehead atoms. The molecule has 1 fully saturated rings. The molecule has 3 aliphatic rings. The number of nitrogens with zero attached hydrogens (tertiary/aromatic N) is 2. The van der Waals surface area contributed by atoms with Crippen molar-refractivity contribution in [1.29, 1.82) is 0 Å². The molecule has 1 saturated heterocycles. The third kappa shape index (κ3) is 2.90. The molecule has 0 radical (unpaired) electrons. The Hall–Kier alpha value is -2.56. The number of H-pyrrole nitrogens is 1. The second-order valence-corrected chi connectivity index (χ2v) is 9.18. The number of nitrogens with one attached hydrogen (secondary N) is 1. The molecule has 2 aliphatic heterocycles. The molecule has 0 saturated carbocycles. The van der Waals surface area contributed by atoms with Crippen molar-refractivity contribution in [1.82, 2.24) is 14.8 Å². The van der Waals surface area contributed by atoms with Gasteiger partial charge in [0.1, 0.15) is 6.04 Å². The van der Waals surface area contributed by atoms with Crippen LogP contribution in [0, 0.1) is 0 Å². The zero-order valence-corrected chi connectivity index (χ0v) is 17.3. The minimum atomic E-state index is -0.526. The van der Waals surface area contributed by atoms with E-state index in [1.54, 1.807) is 4.90 Å². The van der Waals surface area contributed by atoms with Crippen LogP contribution < -0.4 is 0 Å². The van der Waals surface area contributed by atoms with Crippen molar-refractivity contribution in [3.63, 3.8) is 0 Å². The average Bonchev–Trinajstić information content (AvgIpc) is 3.10. The number of hydrogen-bond donors (Lipinski definition) is 1. The highest BCUT2D eigenvalue weighted by molar-refractivity contribution is 5.97. The maximum Gasteiger partial charge on any atom is 0.246 e.